The summed E-state index contributed by atoms with van der Waals surface area (Å²) in [5, 5.41) is 12.0. The highest BCUT2D eigenvalue weighted by Crippen LogP contribution is 2.13. The van der Waals surface area contributed by atoms with Gasteiger partial charge in [0.1, 0.15) is 5.75 Å². The number of amides is 1. The molecule has 18 heavy (non-hydrogen) atoms. The Labute approximate surface area is 108 Å². The van der Waals surface area contributed by atoms with Crippen LogP contribution in [0, 0.1) is 6.92 Å². The summed E-state index contributed by atoms with van der Waals surface area (Å²) in [6.07, 6.45) is -0.882. The minimum absolute atomic E-state index is 0.314. The van der Waals surface area contributed by atoms with E-state index in [1.54, 1.807) is 12.1 Å². The Hall–Kier alpha value is -1.55. The second-order valence-electron chi connectivity index (χ2n) is 5.34. The molecule has 1 aromatic rings. The summed E-state index contributed by atoms with van der Waals surface area (Å²) in [5.41, 5.74) is 0.767. The van der Waals surface area contributed by atoms with Crippen LogP contribution in [-0.4, -0.2) is 29.3 Å². The molecule has 0 spiro atoms. The number of ether oxygens (including phenoxy) is 1. The Morgan fingerprint density at radius 3 is 2.33 bits per heavy atom. The van der Waals surface area contributed by atoms with Crippen molar-refractivity contribution in [2.75, 3.05) is 6.61 Å². The number of rotatable bonds is 4. The molecule has 1 unspecified atom stereocenters. The molecule has 1 amide bonds. The molecule has 1 rings (SSSR count). The van der Waals surface area contributed by atoms with Gasteiger partial charge in [-0.2, -0.15) is 0 Å². The van der Waals surface area contributed by atoms with E-state index in [0.29, 0.717) is 5.75 Å². The van der Waals surface area contributed by atoms with Gasteiger partial charge in [0.05, 0.1) is 6.61 Å². The summed E-state index contributed by atoms with van der Waals surface area (Å²) in [7, 11) is 0. The minimum atomic E-state index is -0.882. The van der Waals surface area contributed by atoms with Crippen molar-refractivity contribution >= 4 is 5.91 Å². The molecular formula is C14H21NO3. The van der Waals surface area contributed by atoms with E-state index in [-0.39, 0.29) is 18.1 Å². The second kappa shape index (κ2) is 5.87. The molecule has 0 aliphatic carbocycles. The lowest BCUT2D eigenvalue weighted by molar-refractivity contribution is -0.131. The quantitative estimate of drug-likeness (QED) is 0.855. The third kappa shape index (κ3) is 4.75. The normalized spacial score (nSPS) is 12.9. The lowest BCUT2D eigenvalue weighted by Gasteiger charge is -2.24. The number of nitrogens with one attached hydrogen (secondary N) is 1. The molecule has 0 aliphatic heterocycles. The molecule has 2 N–H and O–H groups in total. The van der Waals surface area contributed by atoms with Crippen LogP contribution in [0.4, 0.5) is 0 Å². The van der Waals surface area contributed by atoms with Gasteiger partial charge < -0.3 is 15.2 Å². The molecule has 0 bridgehead atoms. The third-order valence-corrected chi connectivity index (χ3v) is 2.26. The Balaban J connectivity index is 2.67. The standard InChI is InChI=1S/C14H21NO3/c1-10-5-7-11(8-6-10)18-12(9-16)13(17)15-14(2,3)4/h5-8,12,16H,9H2,1-4H3,(H,15,17). The van der Waals surface area contributed by atoms with Crippen LogP contribution in [-0.2, 0) is 4.79 Å². The molecule has 0 aliphatic rings. The highest BCUT2D eigenvalue weighted by molar-refractivity contribution is 5.81. The minimum Gasteiger partial charge on any atom is -0.478 e. The molecule has 0 aromatic heterocycles. The van der Waals surface area contributed by atoms with Crippen molar-refractivity contribution < 1.29 is 14.6 Å². The first-order chi connectivity index (χ1) is 8.31. The molecule has 0 saturated heterocycles. The van der Waals surface area contributed by atoms with E-state index >= 15 is 0 Å². The Bertz CT molecular complexity index is 392. The van der Waals surface area contributed by atoms with Crippen LogP contribution in [0.15, 0.2) is 24.3 Å². The van der Waals surface area contributed by atoms with Crippen LogP contribution in [0.5, 0.6) is 5.75 Å². The maximum absolute atomic E-state index is 11.9. The predicted molar refractivity (Wildman–Crippen MR) is 70.6 cm³/mol. The van der Waals surface area contributed by atoms with Crippen molar-refractivity contribution in [1.82, 2.24) is 5.32 Å². The van der Waals surface area contributed by atoms with Gasteiger partial charge in [-0.1, -0.05) is 17.7 Å². The second-order valence-corrected chi connectivity index (χ2v) is 5.34. The number of hydrogen-bond acceptors (Lipinski definition) is 3. The Kier molecular flexibility index (Phi) is 4.73. The van der Waals surface area contributed by atoms with Crippen molar-refractivity contribution in [3.8, 4) is 5.75 Å². The van der Waals surface area contributed by atoms with Crippen LogP contribution in [0.3, 0.4) is 0 Å². The predicted octanol–water partition coefficient (Wildman–Crippen LogP) is 1.65. The number of carbonyl (C=O) groups is 1. The first kappa shape index (κ1) is 14.5. The van der Waals surface area contributed by atoms with Gasteiger partial charge in [0, 0.05) is 5.54 Å². The summed E-state index contributed by atoms with van der Waals surface area (Å²) in [4.78, 5) is 11.9. The maximum atomic E-state index is 11.9. The highest BCUT2D eigenvalue weighted by atomic mass is 16.5. The van der Waals surface area contributed by atoms with E-state index in [4.69, 9.17) is 4.74 Å². The molecule has 0 radical (unpaired) electrons. The molecule has 4 heteroatoms. The molecule has 0 heterocycles. The molecule has 1 atom stereocenters. The van der Waals surface area contributed by atoms with Gasteiger partial charge in [0.2, 0.25) is 0 Å². The SMILES string of the molecule is Cc1ccc(OC(CO)C(=O)NC(C)(C)C)cc1. The average Bonchev–Trinajstić information content (AvgIpc) is 2.25. The monoisotopic (exact) mass is 251 g/mol. The van der Waals surface area contributed by atoms with Gasteiger partial charge in [-0.05, 0) is 39.8 Å². The van der Waals surface area contributed by atoms with Crippen LogP contribution in [0.2, 0.25) is 0 Å². The van der Waals surface area contributed by atoms with Gasteiger partial charge in [0.25, 0.3) is 5.91 Å². The molecule has 4 nitrogen and oxygen atoms in total. The van der Waals surface area contributed by atoms with Crippen LogP contribution in [0.25, 0.3) is 0 Å². The van der Waals surface area contributed by atoms with Gasteiger partial charge in [-0.15, -0.1) is 0 Å². The molecule has 0 saturated carbocycles. The molecular weight excluding hydrogens is 230 g/mol. The van der Waals surface area contributed by atoms with E-state index in [0.717, 1.165) is 5.56 Å². The van der Waals surface area contributed by atoms with Crippen molar-refractivity contribution in [2.45, 2.75) is 39.3 Å². The zero-order chi connectivity index (χ0) is 13.8. The highest BCUT2D eigenvalue weighted by Gasteiger charge is 2.23. The number of hydrogen-bond donors (Lipinski definition) is 2. The van der Waals surface area contributed by atoms with E-state index in [1.165, 1.54) is 0 Å². The fourth-order valence-electron chi connectivity index (χ4n) is 1.40. The lowest BCUT2D eigenvalue weighted by Crippen LogP contribution is -2.49. The van der Waals surface area contributed by atoms with Crippen molar-refractivity contribution in [2.24, 2.45) is 0 Å². The van der Waals surface area contributed by atoms with Gasteiger partial charge in [0.15, 0.2) is 6.10 Å². The number of aliphatic hydroxyl groups is 1. The number of aryl methyl sites for hydroxylation is 1. The van der Waals surface area contributed by atoms with E-state index in [9.17, 15) is 9.90 Å². The number of benzene rings is 1. The van der Waals surface area contributed by atoms with E-state index in [1.807, 2.05) is 39.8 Å². The van der Waals surface area contributed by atoms with Crippen molar-refractivity contribution in [3.63, 3.8) is 0 Å². The van der Waals surface area contributed by atoms with Gasteiger partial charge in [-0.25, -0.2) is 0 Å². The van der Waals surface area contributed by atoms with Crippen LogP contribution >= 0.6 is 0 Å². The first-order valence-electron chi connectivity index (χ1n) is 5.98. The topological polar surface area (TPSA) is 58.6 Å². The van der Waals surface area contributed by atoms with E-state index in [2.05, 4.69) is 5.32 Å². The summed E-state index contributed by atoms with van der Waals surface area (Å²) in [6, 6.07) is 7.35. The zero-order valence-corrected chi connectivity index (χ0v) is 11.4. The number of carbonyl (C=O) groups excluding carboxylic acids is 1. The summed E-state index contributed by atoms with van der Waals surface area (Å²) in [5.74, 6) is 0.259. The van der Waals surface area contributed by atoms with Crippen molar-refractivity contribution in [3.05, 3.63) is 29.8 Å². The average molecular weight is 251 g/mol. The summed E-state index contributed by atoms with van der Waals surface area (Å²) < 4.78 is 5.46. The van der Waals surface area contributed by atoms with Crippen molar-refractivity contribution in [1.29, 1.82) is 0 Å². The van der Waals surface area contributed by atoms with Gasteiger partial charge >= 0.3 is 0 Å². The Morgan fingerprint density at radius 1 is 1.33 bits per heavy atom. The largest absolute Gasteiger partial charge is 0.478 e. The fourth-order valence-corrected chi connectivity index (χ4v) is 1.40. The lowest BCUT2D eigenvalue weighted by atomic mass is 10.1. The third-order valence-electron chi connectivity index (χ3n) is 2.26. The van der Waals surface area contributed by atoms with E-state index < -0.39 is 6.10 Å². The van der Waals surface area contributed by atoms with Crippen LogP contribution in [0.1, 0.15) is 26.3 Å². The fraction of sp³-hybridized carbons (Fsp3) is 0.500. The molecule has 1 aromatic carbocycles. The molecule has 100 valence electrons. The maximum Gasteiger partial charge on any atom is 0.263 e. The number of aliphatic hydroxyl groups excluding tert-OH is 1. The Morgan fingerprint density at radius 2 is 1.89 bits per heavy atom. The summed E-state index contributed by atoms with van der Waals surface area (Å²) >= 11 is 0. The molecule has 0 fully saturated rings. The summed E-state index contributed by atoms with van der Waals surface area (Å²) in [6.45, 7) is 7.26. The zero-order valence-electron chi connectivity index (χ0n) is 11.4. The van der Waals surface area contributed by atoms with Gasteiger partial charge in [-0.3, -0.25) is 4.79 Å². The smallest absolute Gasteiger partial charge is 0.263 e. The first-order valence-corrected chi connectivity index (χ1v) is 5.98. The van der Waals surface area contributed by atoms with Crippen LogP contribution < -0.4 is 10.1 Å².